The molecule has 0 bridgehead atoms. The van der Waals surface area contributed by atoms with Gasteiger partial charge < -0.3 is 4.90 Å². The predicted octanol–water partition coefficient (Wildman–Crippen LogP) is 4.43. The van der Waals surface area contributed by atoms with Crippen LogP contribution in [-0.2, 0) is 4.79 Å². The lowest BCUT2D eigenvalue weighted by Gasteiger charge is -2.35. The van der Waals surface area contributed by atoms with Crippen LogP contribution in [0, 0.1) is 6.92 Å². The Morgan fingerprint density at radius 1 is 1.35 bits per heavy atom. The lowest BCUT2D eigenvalue weighted by atomic mass is 10.0. The monoisotopic (exact) mass is 328 g/mol. The van der Waals surface area contributed by atoms with E-state index >= 15 is 0 Å². The third kappa shape index (κ3) is 3.69. The summed E-state index contributed by atoms with van der Waals surface area (Å²) in [4.78, 5) is 19.4. The Morgan fingerprint density at radius 3 is 3.00 bits per heavy atom. The zero-order chi connectivity index (χ0) is 16.2. The van der Waals surface area contributed by atoms with Crippen molar-refractivity contribution in [2.45, 2.75) is 50.6 Å². The first-order valence-electron chi connectivity index (χ1n) is 8.47. The van der Waals surface area contributed by atoms with Crippen molar-refractivity contribution in [2.75, 3.05) is 12.3 Å². The van der Waals surface area contributed by atoms with Crippen LogP contribution in [0.15, 0.2) is 35.4 Å². The molecule has 0 N–H and O–H groups in total. The number of pyridine rings is 1. The van der Waals surface area contributed by atoms with Gasteiger partial charge in [-0.2, -0.15) is 0 Å². The molecule has 2 aromatic rings. The number of hydrogen-bond acceptors (Lipinski definition) is 3. The largest absolute Gasteiger partial charge is 0.339 e. The summed E-state index contributed by atoms with van der Waals surface area (Å²) in [5, 5.41) is 2.13. The van der Waals surface area contributed by atoms with E-state index in [-0.39, 0.29) is 5.91 Å². The lowest BCUT2D eigenvalue weighted by molar-refractivity contribution is -0.132. The van der Waals surface area contributed by atoms with Crippen LogP contribution in [0.5, 0.6) is 0 Å². The van der Waals surface area contributed by atoms with Crippen molar-refractivity contribution in [2.24, 2.45) is 0 Å². The number of para-hydroxylation sites is 1. The SMILES string of the molecule is CCC1CCCCN1C(=O)CSc1nc2ccccc2cc1C. The molecular weight excluding hydrogens is 304 g/mol. The first-order chi connectivity index (χ1) is 11.2. The minimum Gasteiger partial charge on any atom is -0.339 e. The van der Waals surface area contributed by atoms with Crippen LogP contribution in [0.25, 0.3) is 10.9 Å². The van der Waals surface area contributed by atoms with E-state index in [1.165, 1.54) is 6.42 Å². The van der Waals surface area contributed by atoms with Gasteiger partial charge in [0.05, 0.1) is 11.3 Å². The highest BCUT2D eigenvalue weighted by Crippen LogP contribution is 2.26. The Kier molecular flexibility index (Phi) is 5.21. The highest BCUT2D eigenvalue weighted by Gasteiger charge is 2.25. The molecule has 1 fully saturated rings. The van der Waals surface area contributed by atoms with Crippen LogP contribution in [0.2, 0.25) is 0 Å². The molecule has 1 aromatic carbocycles. The molecule has 0 radical (unpaired) electrons. The van der Waals surface area contributed by atoms with Crippen LogP contribution < -0.4 is 0 Å². The average Bonchev–Trinajstić information content (AvgIpc) is 2.59. The molecule has 122 valence electrons. The van der Waals surface area contributed by atoms with Crippen LogP contribution in [0.3, 0.4) is 0 Å². The number of piperidine rings is 1. The van der Waals surface area contributed by atoms with Gasteiger partial charge in [0, 0.05) is 18.0 Å². The number of hydrogen-bond donors (Lipinski definition) is 0. The number of amides is 1. The van der Waals surface area contributed by atoms with Crippen molar-refractivity contribution in [3.05, 3.63) is 35.9 Å². The van der Waals surface area contributed by atoms with E-state index in [0.29, 0.717) is 11.8 Å². The first kappa shape index (κ1) is 16.3. The molecule has 3 rings (SSSR count). The van der Waals surface area contributed by atoms with Crippen molar-refractivity contribution in [1.82, 2.24) is 9.88 Å². The highest BCUT2D eigenvalue weighted by molar-refractivity contribution is 7.99. The molecule has 3 nitrogen and oxygen atoms in total. The quantitative estimate of drug-likeness (QED) is 0.779. The van der Waals surface area contributed by atoms with Gasteiger partial charge in [-0.05, 0) is 50.3 Å². The van der Waals surface area contributed by atoms with E-state index < -0.39 is 0 Å². The maximum absolute atomic E-state index is 12.6. The number of thioether (sulfide) groups is 1. The van der Waals surface area contributed by atoms with E-state index in [4.69, 9.17) is 4.98 Å². The molecule has 0 aliphatic carbocycles. The molecule has 0 saturated carbocycles. The third-order valence-electron chi connectivity index (χ3n) is 4.62. The second kappa shape index (κ2) is 7.35. The van der Waals surface area contributed by atoms with Crippen LogP contribution in [-0.4, -0.2) is 34.1 Å². The lowest BCUT2D eigenvalue weighted by Crippen LogP contribution is -2.44. The fourth-order valence-electron chi connectivity index (χ4n) is 3.32. The molecule has 23 heavy (non-hydrogen) atoms. The molecule has 1 aliphatic heterocycles. The standard InChI is InChI=1S/C19H24N2OS/c1-3-16-9-6-7-11-21(16)18(22)13-23-19-14(2)12-15-8-4-5-10-17(15)20-19/h4-5,8,10,12,16H,3,6-7,9,11,13H2,1-2H3. The summed E-state index contributed by atoms with van der Waals surface area (Å²) in [6, 6.07) is 10.7. The Labute approximate surface area is 142 Å². The van der Waals surface area contributed by atoms with Gasteiger partial charge in [-0.25, -0.2) is 4.98 Å². The van der Waals surface area contributed by atoms with E-state index in [9.17, 15) is 4.79 Å². The highest BCUT2D eigenvalue weighted by atomic mass is 32.2. The van der Waals surface area contributed by atoms with Gasteiger partial charge >= 0.3 is 0 Å². The number of aromatic nitrogens is 1. The summed E-state index contributed by atoms with van der Waals surface area (Å²) in [7, 11) is 0. The van der Waals surface area contributed by atoms with Crippen molar-refractivity contribution in [1.29, 1.82) is 0 Å². The number of nitrogens with zero attached hydrogens (tertiary/aromatic N) is 2. The second-order valence-electron chi connectivity index (χ2n) is 6.24. The summed E-state index contributed by atoms with van der Waals surface area (Å²) in [6.07, 6.45) is 4.60. The fourth-order valence-corrected chi connectivity index (χ4v) is 4.19. The molecule has 0 spiro atoms. The predicted molar refractivity (Wildman–Crippen MR) is 96.8 cm³/mol. The van der Waals surface area contributed by atoms with Crippen LogP contribution in [0.1, 0.15) is 38.2 Å². The minimum absolute atomic E-state index is 0.260. The molecule has 2 heterocycles. The van der Waals surface area contributed by atoms with Crippen molar-refractivity contribution in [3.63, 3.8) is 0 Å². The Bertz CT molecular complexity index is 701. The number of aryl methyl sites for hydroxylation is 1. The Balaban J connectivity index is 1.70. The number of rotatable bonds is 4. The summed E-state index contributed by atoms with van der Waals surface area (Å²) < 4.78 is 0. The Hall–Kier alpha value is -1.55. The summed E-state index contributed by atoms with van der Waals surface area (Å²) in [5.74, 6) is 0.749. The van der Waals surface area contributed by atoms with Gasteiger partial charge in [0.15, 0.2) is 0 Å². The summed E-state index contributed by atoms with van der Waals surface area (Å²) in [6.45, 7) is 5.17. The number of fused-ring (bicyclic) bond motifs is 1. The molecule has 1 unspecified atom stereocenters. The number of carbonyl (C=O) groups excluding carboxylic acids is 1. The van der Waals surface area contributed by atoms with E-state index in [1.54, 1.807) is 11.8 Å². The van der Waals surface area contributed by atoms with Crippen LogP contribution in [0.4, 0.5) is 0 Å². The smallest absolute Gasteiger partial charge is 0.233 e. The maximum Gasteiger partial charge on any atom is 0.233 e. The van der Waals surface area contributed by atoms with Gasteiger partial charge in [0.2, 0.25) is 5.91 Å². The average molecular weight is 328 g/mol. The topological polar surface area (TPSA) is 33.2 Å². The van der Waals surface area contributed by atoms with Crippen molar-refractivity contribution >= 4 is 28.6 Å². The molecular formula is C19H24N2OS. The van der Waals surface area contributed by atoms with Gasteiger partial charge in [0.1, 0.15) is 5.03 Å². The molecule has 1 aromatic heterocycles. The zero-order valence-electron chi connectivity index (χ0n) is 13.9. The van der Waals surface area contributed by atoms with Gasteiger partial charge in [0.25, 0.3) is 0 Å². The van der Waals surface area contributed by atoms with E-state index in [2.05, 4.69) is 30.9 Å². The molecule has 1 atom stereocenters. The zero-order valence-corrected chi connectivity index (χ0v) is 14.7. The second-order valence-corrected chi connectivity index (χ2v) is 7.20. The van der Waals surface area contributed by atoms with E-state index in [0.717, 1.165) is 47.3 Å². The van der Waals surface area contributed by atoms with Crippen molar-refractivity contribution < 1.29 is 4.79 Å². The number of likely N-dealkylation sites (tertiary alicyclic amines) is 1. The van der Waals surface area contributed by atoms with Crippen LogP contribution >= 0.6 is 11.8 Å². The first-order valence-corrected chi connectivity index (χ1v) is 9.46. The maximum atomic E-state index is 12.6. The molecule has 1 saturated heterocycles. The molecule has 1 amide bonds. The summed E-state index contributed by atoms with van der Waals surface area (Å²) in [5.41, 5.74) is 2.14. The third-order valence-corrected chi connectivity index (χ3v) is 5.70. The van der Waals surface area contributed by atoms with E-state index in [1.807, 2.05) is 18.2 Å². The molecule has 4 heteroatoms. The molecule has 1 aliphatic rings. The fraction of sp³-hybridized carbons (Fsp3) is 0.474. The Morgan fingerprint density at radius 2 is 2.17 bits per heavy atom. The minimum atomic E-state index is 0.260. The number of carbonyl (C=O) groups is 1. The number of benzene rings is 1. The normalized spacial score (nSPS) is 18.3. The van der Waals surface area contributed by atoms with Gasteiger partial charge in [-0.3, -0.25) is 4.79 Å². The van der Waals surface area contributed by atoms with Gasteiger partial charge in [-0.1, -0.05) is 36.9 Å². The van der Waals surface area contributed by atoms with Gasteiger partial charge in [-0.15, -0.1) is 0 Å². The summed E-state index contributed by atoms with van der Waals surface area (Å²) >= 11 is 1.57. The van der Waals surface area contributed by atoms with Crippen molar-refractivity contribution in [3.8, 4) is 0 Å².